The van der Waals surface area contributed by atoms with E-state index in [2.05, 4.69) is 49.6 Å². The van der Waals surface area contributed by atoms with Gasteiger partial charge in [0.25, 0.3) is 0 Å². The van der Waals surface area contributed by atoms with Crippen molar-refractivity contribution >= 4 is 11.5 Å². The molecule has 7 nitrogen and oxygen atoms in total. The molecule has 0 amide bonds. The summed E-state index contributed by atoms with van der Waals surface area (Å²) in [4.78, 5) is 12.7. The highest BCUT2D eigenvalue weighted by Crippen LogP contribution is 2.35. The molecule has 1 atom stereocenters. The molecule has 2 aliphatic heterocycles. The second-order valence-electron chi connectivity index (χ2n) is 9.15. The summed E-state index contributed by atoms with van der Waals surface area (Å²) in [5, 5.41) is 0. The molecule has 3 fully saturated rings. The number of anilines is 1. The fourth-order valence-corrected chi connectivity index (χ4v) is 5.00. The monoisotopic (exact) mass is 421 g/mol. The van der Waals surface area contributed by atoms with Crippen LogP contribution in [-0.2, 0) is 11.3 Å². The van der Waals surface area contributed by atoms with Crippen LogP contribution < -0.4 is 4.90 Å². The van der Waals surface area contributed by atoms with Gasteiger partial charge in [-0.25, -0.2) is 4.98 Å². The van der Waals surface area contributed by atoms with Crippen LogP contribution in [0.25, 0.3) is 5.65 Å². The molecule has 1 saturated carbocycles. The van der Waals surface area contributed by atoms with Crippen molar-refractivity contribution in [2.75, 3.05) is 57.4 Å². The lowest BCUT2D eigenvalue weighted by molar-refractivity contribution is 0.0602. The van der Waals surface area contributed by atoms with E-state index in [9.17, 15) is 0 Å². The van der Waals surface area contributed by atoms with Crippen molar-refractivity contribution in [3.8, 4) is 0 Å². The van der Waals surface area contributed by atoms with Crippen molar-refractivity contribution in [2.24, 2.45) is 5.92 Å². The minimum Gasteiger partial charge on any atom is -0.468 e. The van der Waals surface area contributed by atoms with Crippen LogP contribution in [0.1, 0.15) is 30.3 Å². The number of fused-ring (bicyclic) bond motifs is 1. The van der Waals surface area contributed by atoms with E-state index < -0.39 is 0 Å². The molecule has 0 bridgehead atoms. The third-order valence-electron chi connectivity index (χ3n) is 6.89. The Kier molecular flexibility index (Phi) is 5.18. The Hall–Kier alpha value is -2.35. The topological polar surface area (TPSA) is 49.4 Å². The van der Waals surface area contributed by atoms with E-state index in [1.165, 1.54) is 30.9 Å². The van der Waals surface area contributed by atoms with Gasteiger partial charge in [-0.05, 0) is 43.0 Å². The average molecular weight is 422 g/mol. The van der Waals surface area contributed by atoms with Crippen LogP contribution in [0, 0.1) is 5.92 Å². The van der Waals surface area contributed by atoms with E-state index >= 15 is 0 Å². The predicted molar refractivity (Wildman–Crippen MR) is 119 cm³/mol. The van der Waals surface area contributed by atoms with Crippen LogP contribution >= 0.6 is 0 Å². The number of morpholine rings is 1. The fourth-order valence-electron chi connectivity index (χ4n) is 5.00. The number of nitrogens with zero attached hydrogens (tertiary/aromatic N) is 5. The minimum absolute atomic E-state index is 0.321. The van der Waals surface area contributed by atoms with Gasteiger partial charge >= 0.3 is 0 Å². The molecule has 1 aliphatic carbocycles. The van der Waals surface area contributed by atoms with Gasteiger partial charge in [0, 0.05) is 45.5 Å². The number of pyridine rings is 1. The Morgan fingerprint density at radius 3 is 2.71 bits per heavy atom. The predicted octanol–water partition coefficient (Wildman–Crippen LogP) is 3.03. The number of rotatable bonds is 6. The third kappa shape index (κ3) is 4.10. The molecule has 3 aliphatic rings. The summed E-state index contributed by atoms with van der Waals surface area (Å²) in [5.74, 6) is 3.13. The highest BCUT2D eigenvalue weighted by Gasteiger charge is 2.34. The van der Waals surface area contributed by atoms with Crippen LogP contribution in [-0.4, -0.2) is 71.7 Å². The standard InChI is InChI=1S/C24H31N5O2/c1-4-23-25-21(17-29(23)24(5-1)27-10-13-30-14-11-27)22-18-26(16-20-3-2-12-31-20)8-9-28(22)15-19-6-7-19/h1-5,12,17,19,22H,6-11,13-16,18H2. The minimum atomic E-state index is 0.321. The summed E-state index contributed by atoms with van der Waals surface area (Å²) in [5.41, 5.74) is 2.22. The molecule has 31 heavy (non-hydrogen) atoms. The molecule has 0 radical (unpaired) electrons. The van der Waals surface area contributed by atoms with Crippen LogP contribution in [0.5, 0.6) is 0 Å². The average Bonchev–Trinajstić information content (AvgIpc) is 3.29. The number of aromatic nitrogens is 2. The Labute approximate surface area is 183 Å². The molecule has 3 aromatic heterocycles. The van der Waals surface area contributed by atoms with E-state index in [1.807, 2.05) is 6.07 Å². The molecule has 2 saturated heterocycles. The van der Waals surface area contributed by atoms with E-state index in [0.29, 0.717) is 6.04 Å². The molecule has 7 heteroatoms. The SMILES string of the molecule is c1coc(CN2CCN(CC3CC3)C(c3cn4c(N5CCOCC5)cccc4n3)C2)c1. The summed E-state index contributed by atoms with van der Waals surface area (Å²) in [6.07, 6.45) is 6.81. The molecule has 5 heterocycles. The van der Waals surface area contributed by atoms with Gasteiger partial charge in [-0.2, -0.15) is 0 Å². The first-order valence-corrected chi connectivity index (χ1v) is 11.6. The Balaban J connectivity index is 1.29. The van der Waals surface area contributed by atoms with Crippen molar-refractivity contribution in [1.29, 1.82) is 0 Å². The first-order valence-electron chi connectivity index (χ1n) is 11.6. The van der Waals surface area contributed by atoms with Gasteiger partial charge in [0.15, 0.2) is 0 Å². The lowest BCUT2D eigenvalue weighted by atomic mass is 10.1. The van der Waals surface area contributed by atoms with Crippen molar-refractivity contribution < 1.29 is 9.15 Å². The Morgan fingerprint density at radius 2 is 1.90 bits per heavy atom. The Morgan fingerprint density at radius 1 is 1.00 bits per heavy atom. The zero-order valence-electron chi connectivity index (χ0n) is 18.0. The van der Waals surface area contributed by atoms with Crippen molar-refractivity contribution in [1.82, 2.24) is 19.2 Å². The van der Waals surface area contributed by atoms with Crippen LogP contribution in [0.15, 0.2) is 47.2 Å². The summed E-state index contributed by atoms with van der Waals surface area (Å²) in [6.45, 7) is 8.67. The first-order chi connectivity index (χ1) is 15.3. The number of ether oxygens (including phenoxy) is 1. The molecule has 6 rings (SSSR count). The molecular weight excluding hydrogens is 390 g/mol. The molecule has 0 aromatic carbocycles. The number of furan rings is 1. The van der Waals surface area contributed by atoms with Gasteiger partial charge < -0.3 is 14.1 Å². The van der Waals surface area contributed by atoms with Gasteiger partial charge in [-0.1, -0.05) is 6.07 Å². The van der Waals surface area contributed by atoms with Crippen LogP contribution in [0.2, 0.25) is 0 Å². The van der Waals surface area contributed by atoms with Gasteiger partial charge in [0.1, 0.15) is 17.2 Å². The summed E-state index contributed by atoms with van der Waals surface area (Å²) in [6, 6.07) is 10.8. The van der Waals surface area contributed by atoms with Crippen molar-refractivity contribution in [3.05, 3.63) is 54.2 Å². The van der Waals surface area contributed by atoms with Crippen molar-refractivity contribution in [2.45, 2.75) is 25.4 Å². The highest BCUT2D eigenvalue weighted by atomic mass is 16.5. The molecule has 164 valence electrons. The number of hydrogen-bond acceptors (Lipinski definition) is 6. The maximum absolute atomic E-state index is 5.62. The number of imidazole rings is 1. The second-order valence-corrected chi connectivity index (χ2v) is 9.15. The van der Waals surface area contributed by atoms with E-state index in [1.54, 1.807) is 6.26 Å². The number of hydrogen-bond donors (Lipinski definition) is 0. The molecule has 0 spiro atoms. The van der Waals surface area contributed by atoms with Crippen LogP contribution in [0.4, 0.5) is 5.82 Å². The maximum Gasteiger partial charge on any atom is 0.138 e. The quantitative estimate of drug-likeness (QED) is 0.610. The first kappa shape index (κ1) is 19.3. The van der Waals surface area contributed by atoms with Crippen molar-refractivity contribution in [3.63, 3.8) is 0 Å². The fraction of sp³-hybridized carbons (Fsp3) is 0.542. The zero-order chi connectivity index (χ0) is 20.6. The van der Waals surface area contributed by atoms with Gasteiger partial charge in [0.2, 0.25) is 0 Å². The Bertz CT molecular complexity index is 1010. The van der Waals surface area contributed by atoms with Gasteiger partial charge in [0.05, 0.1) is 37.8 Å². The van der Waals surface area contributed by atoms with E-state index in [0.717, 1.165) is 69.8 Å². The molecule has 3 aromatic rings. The lowest BCUT2D eigenvalue weighted by Crippen LogP contribution is -2.48. The highest BCUT2D eigenvalue weighted by molar-refractivity contribution is 5.53. The van der Waals surface area contributed by atoms with Crippen LogP contribution in [0.3, 0.4) is 0 Å². The lowest BCUT2D eigenvalue weighted by Gasteiger charge is -2.40. The van der Waals surface area contributed by atoms with E-state index in [-0.39, 0.29) is 0 Å². The largest absolute Gasteiger partial charge is 0.468 e. The smallest absolute Gasteiger partial charge is 0.138 e. The van der Waals surface area contributed by atoms with Gasteiger partial charge in [-0.15, -0.1) is 0 Å². The molecule has 1 unspecified atom stereocenters. The molecule has 0 N–H and O–H groups in total. The normalized spacial score (nSPS) is 23.6. The molecular formula is C24H31N5O2. The summed E-state index contributed by atoms with van der Waals surface area (Å²) >= 11 is 0. The second kappa shape index (κ2) is 8.30. The number of piperazine rings is 1. The zero-order valence-corrected chi connectivity index (χ0v) is 18.0. The van der Waals surface area contributed by atoms with E-state index in [4.69, 9.17) is 14.1 Å². The summed E-state index contributed by atoms with van der Waals surface area (Å²) in [7, 11) is 0. The van der Waals surface area contributed by atoms with Gasteiger partial charge in [-0.3, -0.25) is 14.2 Å². The summed E-state index contributed by atoms with van der Waals surface area (Å²) < 4.78 is 13.5. The third-order valence-corrected chi connectivity index (χ3v) is 6.89. The maximum atomic E-state index is 5.62.